The number of hydrogen-bond donors (Lipinski definition) is 1. The summed E-state index contributed by atoms with van der Waals surface area (Å²) in [5, 5.41) is 3.45. The molecule has 2 rings (SSSR count). The van der Waals surface area contributed by atoms with Crippen molar-refractivity contribution >= 4 is 0 Å². The topological polar surface area (TPSA) is 30.5 Å². The van der Waals surface area contributed by atoms with E-state index in [0.29, 0.717) is 5.41 Å². The third-order valence-electron chi connectivity index (χ3n) is 3.72. The van der Waals surface area contributed by atoms with E-state index in [2.05, 4.69) is 5.32 Å². The second-order valence-electron chi connectivity index (χ2n) is 4.57. The van der Waals surface area contributed by atoms with Crippen LogP contribution in [0.5, 0.6) is 0 Å². The zero-order valence-electron chi connectivity index (χ0n) is 9.05. The average molecular weight is 199 g/mol. The first-order valence-electron chi connectivity index (χ1n) is 5.65. The molecule has 1 atom stereocenters. The highest BCUT2D eigenvalue weighted by Gasteiger charge is 2.53. The van der Waals surface area contributed by atoms with E-state index in [0.717, 1.165) is 32.3 Å². The molecule has 2 aliphatic rings. The third-order valence-corrected chi connectivity index (χ3v) is 3.72. The van der Waals surface area contributed by atoms with Crippen LogP contribution >= 0.6 is 0 Å². The van der Waals surface area contributed by atoms with Gasteiger partial charge in [-0.15, -0.1) is 0 Å². The molecular weight excluding hydrogens is 178 g/mol. The normalized spacial score (nSPS) is 29.4. The first-order valence-corrected chi connectivity index (χ1v) is 5.65. The SMILES string of the molecule is COCCNCC1CC12CCOCC2. The lowest BCUT2D eigenvalue weighted by Crippen LogP contribution is -2.26. The van der Waals surface area contributed by atoms with E-state index in [1.165, 1.54) is 25.8 Å². The van der Waals surface area contributed by atoms with Gasteiger partial charge in [-0.3, -0.25) is 0 Å². The molecule has 14 heavy (non-hydrogen) atoms. The van der Waals surface area contributed by atoms with E-state index < -0.39 is 0 Å². The van der Waals surface area contributed by atoms with Crippen molar-refractivity contribution in [2.45, 2.75) is 19.3 Å². The molecule has 1 unspecified atom stereocenters. The van der Waals surface area contributed by atoms with Gasteiger partial charge in [0.15, 0.2) is 0 Å². The van der Waals surface area contributed by atoms with Gasteiger partial charge in [0, 0.05) is 26.9 Å². The standard InChI is InChI=1S/C11H21NO2/c1-13-7-4-12-9-10-8-11(10)2-5-14-6-3-11/h10,12H,2-9H2,1H3. The summed E-state index contributed by atoms with van der Waals surface area (Å²) in [7, 11) is 1.75. The molecule has 0 amide bonds. The lowest BCUT2D eigenvalue weighted by Gasteiger charge is -2.22. The number of hydrogen-bond acceptors (Lipinski definition) is 3. The van der Waals surface area contributed by atoms with Crippen LogP contribution in [0.15, 0.2) is 0 Å². The van der Waals surface area contributed by atoms with Crippen LogP contribution < -0.4 is 5.32 Å². The quantitative estimate of drug-likeness (QED) is 0.671. The Morgan fingerprint density at radius 3 is 2.93 bits per heavy atom. The molecule has 0 aromatic heterocycles. The van der Waals surface area contributed by atoms with Crippen LogP contribution in [0, 0.1) is 11.3 Å². The Morgan fingerprint density at radius 1 is 1.43 bits per heavy atom. The van der Waals surface area contributed by atoms with Crippen molar-refractivity contribution in [1.82, 2.24) is 5.32 Å². The lowest BCUT2D eigenvalue weighted by atomic mass is 9.94. The first kappa shape index (κ1) is 10.4. The van der Waals surface area contributed by atoms with Gasteiger partial charge >= 0.3 is 0 Å². The van der Waals surface area contributed by atoms with Gasteiger partial charge in [-0.1, -0.05) is 0 Å². The van der Waals surface area contributed by atoms with Crippen LogP contribution in [0.4, 0.5) is 0 Å². The minimum absolute atomic E-state index is 0.665. The highest BCUT2D eigenvalue weighted by Crippen LogP contribution is 2.58. The third kappa shape index (κ3) is 2.27. The van der Waals surface area contributed by atoms with Crippen LogP contribution in [-0.4, -0.2) is 40.0 Å². The summed E-state index contributed by atoms with van der Waals surface area (Å²) in [6.07, 6.45) is 3.98. The van der Waals surface area contributed by atoms with Gasteiger partial charge in [-0.25, -0.2) is 0 Å². The molecule has 3 nitrogen and oxygen atoms in total. The minimum Gasteiger partial charge on any atom is -0.383 e. The lowest BCUT2D eigenvalue weighted by molar-refractivity contribution is 0.0519. The van der Waals surface area contributed by atoms with E-state index in [1.807, 2.05) is 0 Å². The summed E-state index contributed by atoms with van der Waals surface area (Å²) in [5.41, 5.74) is 0.665. The van der Waals surface area contributed by atoms with Crippen molar-refractivity contribution in [2.75, 3.05) is 40.0 Å². The second kappa shape index (κ2) is 4.60. The Kier molecular flexibility index (Phi) is 3.42. The summed E-state index contributed by atoms with van der Waals surface area (Å²) in [5.74, 6) is 0.906. The van der Waals surface area contributed by atoms with Crippen LogP contribution in [0.25, 0.3) is 0 Å². The molecule has 1 heterocycles. The fourth-order valence-corrected chi connectivity index (χ4v) is 2.56. The van der Waals surface area contributed by atoms with Gasteiger partial charge in [0.1, 0.15) is 0 Å². The Balaban J connectivity index is 1.60. The molecule has 1 N–H and O–H groups in total. The van der Waals surface area contributed by atoms with Gasteiger partial charge in [0.05, 0.1) is 6.61 Å². The molecule has 1 aliphatic heterocycles. The largest absolute Gasteiger partial charge is 0.383 e. The van der Waals surface area contributed by atoms with Crippen molar-refractivity contribution in [3.8, 4) is 0 Å². The van der Waals surface area contributed by atoms with Gasteiger partial charge in [0.2, 0.25) is 0 Å². The molecule has 1 spiro atoms. The summed E-state index contributed by atoms with van der Waals surface area (Å²) in [6, 6.07) is 0. The monoisotopic (exact) mass is 199 g/mol. The van der Waals surface area contributed by atoms with Gasteiger partial charge in [-0.05, 0) is 37.1 Å². The molecule has 2 fully saturated rings. The van der Waals surface area contributed by atoms with Crippen LogP contribution in [0.1, 0.15) is 19.3 Å². The number of methoxy groups -OCH3 is 1. The number of rotatable bonds is 5. The predicted octanol–water partition coefficient (Wildman–Crippen LogP) is 1.04. The molecule has 3 heteroatoms. The summed E-state index contributed by atoms with van der Waals surface area (Å²) >= 11 is 0. The van der Waals surface area contributed by atoms with Crippen LogP contribution in [0.2, 0.25) is 0 Å². The van der Waals surface area contributed by atoms with Crippen LogP contribution in [-0.2, 0) is 9.47 Å². The highest BCUT2D eigenvalue weighted by atomic mass is 16.5. The molecule has 0 radical (unpaired) electrons. The smallest absolute Gasteiger partial charge is 0.0587 e. The predicted molar refractivity (Wildman–Crippen MR) is 55.3 cm³/mol. The van der Waals surface area contributed by atoms with E-state index in [-0.39, 0.29) is 0 Å². The average Bonchev–Trinajstić information content (AvgIpc) is 2.87. The van der Waals surface area contributed by atoms with Gasteiger partial charge in [0.25, 0.3) is 0 Å². The maximum Gasteiger partial charge on any atom is 0.0587 e. The fraction of sp³-hybridized carbons (Fsp3) is 1.00. The maximum absolute atomic E-state index is 5.40. The van der Waals surface area contributed by atoms with E-state index >= 15 is 0 Å². The molecule has 1 aliphatic carbocycles. The molecular formula is C11H21NO2. The Hall–Kier alpha value is -0.120. The summed E-state index contributed by atoms with van der Waals surface area (Å²) < 4.78 is 10.4. The molecule has 0 aromatic carbocycles. The molecule has 0 aromatic rings. The van der Waals surface area contributed by atoms with E-state index in [4.69, 9.17) is 9.47 Å². The van der Waals surface area contributed by atoms with Crippen molar-refractivity contribution < 1.29 is 9.47 Å². The van der Waals surface area contributed by atoms with E-state index in [9.17, 15) is 0 Å². The first-order chi connectivity index (χ1) is 6.87. The molecule has 0 bridgehead atoms. The second-order valence-corrected chi connectivity index (χ2v) is 4.57. The Labute approximate surface area is 86.2 Å². The Morgan fingerprint density at radius 2 is 2.21 bits per heavy atom. The number of nitrogens with one attached hydrogen (secondary N) is 1. The minimum atomic E-state index is 0.665. The van der Waals surface area contributed by atoms with Gasteiger partial charge < -0.3 is 14.8 Å². The zero-order valence-corrected chi connectivity index (χ0v) is 9.05. The van der Waals surface area contributed by atoms with Crippen LogP contribution in [0.3, 0.4) is 0 Å². The Bertz CT molecular complexity index is 178. The molecule has 82 valence electrons. The fourth-order valence-electron chi connectivity index (χ4n) is 2.56. The highest BCUT2D eigenvalue weighted by molar-refractivity contribution is 5.03. The zero-order chi connectivity index (χ0) is 9.86. The van der Waals surface area contributed by atoms with E-state index in [1.54, 1.807) is 7.11 Å². The number of ether oxygens (including phenoxy) is 2. The van der Waals surface area contributed by atoms with Crippen molar-refractivity contribution in [3.05, 3.63) is 0 Å². The summed E-state index contributed by atoms with van der Waals surface area (Å²) in [6.45, 7) is 4.94. The van der Waals surface area contributed by atoms with Gasteiger partial charge in [-0.2, -0.15) is 0 Å². The van der Waals surface area contributed by atoms with Crippen molar-refractivity contribution in [1.29, 1.82) is 0 Å². The maximum atomic E-state index is 5.40. The van der Waals surface area contributed by atoms with Crippen molar-refractivity contribution in [3.63, 3.8) is 0 Å². The molecule has 1 saturated carbocycles. The summed E-state index contributed by atoms with van der Waals surface area (Å²) in [4.78, 5) is 0. The molecule has 1 saturated heterocycles. The van der Waals surface area contributed by atoms with Crippen molar-refractivity contribution in [2.24, 2.45) is 11.3 Å².